The number of rotatable bonds is 3. The van der Waals surface area contributed by atoms with E-state index in [9.17, 15) is 4.79 Å². The van der Waals surface area contributed by atoms with Gasteiger partial charge in [-0.15, -0.1) is 0 Å². The van der Waals surface area contributed by atoms with E-state index in [1.807, 2.05) is 19.9 Å². The van der Waals surface area contributed by atoms with Crippen LogP contribution in [0.4, 0.5) is 0 Å². The van der Waals surface area contributed by atoms with E-state index in [0.29, 0.717) is 0 Å². The molecule has 0 aromatic heterocycles. The Balaban J connectivity index is 1.91. The van der Waals surface area contributed by atoms with Crippen LogP contribution < -0.4 is 4.74 Å². The third kappa shape index (κ3) is 2.60. The van der Waals surface area contributed by atoms with Crippen LogP contribution in [-0.4, -0.2) is 19.2 Å². The number of esters is 1. The SMILES string of the molecule is COC(=O)C1CC(Oc2cc(C)ccc2C)C1. The molecule has 0 radical (unpaired) electrons. The second-order valence-electron chi connectivity index (χ2n) is 4.70. The van der Waals surface area contributed by atoms with Crippen LogP contribution in [0.3, 0.4) is 0 Å². The zero-order valence-corrected chi connectivity index (χ0v) is 10.5. The summed E-state index contributed by atoms with van der Waals surface area (Å²) in [4.78, 5) is 11.2. The summed E-state index contributed by atoms with van der Waals surface area (Å²) in [7, 11) is 1.43. The van der Waals surface area contributed by atoms with E-state index in [1.54, 1.807) is 0 Å². The van der Waals surface area contributed by atoms with Crippen LogP contribution >= 0.6 is 0 Å². The summed E-state index contributed by atoms with van der Waals surface area (Å²) in [6.07, 6.45) is 1.68. The Morgan fingerprint density at radius 1 is 1.29 bits per heavy atom. The van der Waals surface area contributed by atoms with Gasteiger partial charge in [0.1, 0.15) is 11.9 Å². The average molecular weight is 234 g/mol. The fourth-order valence-corrected chi connectivity index (χ4v) is 2.03. The number of methoxy groups -OCH3 is 1. The molecule has 2 rings (SSSR count). The lowest BCUT2D eigenvalue weighted by atomic mass is 9.82. The molecule has 1 saturated carbocycles. The second-order valence-corrected chi connectivity index (χ2v) is 4.70. The maximum absolute atomic E-state index is 11.2. The lowest BCUT2D eigenvalue weighted by molar-refractivity contribution is -0.151. The van der Waals surface area contributed by atoms with E-state index in [4.69, 9.17) is 9.47 Å². The van der Waals surface area contributed by atoms with Crippen molar-refractivity contribution in [3.05, 3.63) is 29.3 Å². The highest BCUT2D eigenvalue weighted by Gasteiger charge is 2.37. The zero-order chi connectivity index (χ0) is 12.4. The van der Waals surface area contributed by atoms with Gasteiger partial charge in [0.15, 0.2) is 0 Å². The average Bonchev–Trinajstić information content (AvgIpc) is 2.26. The van der Waals surface area contributed by atoms with Gasteiger partial charge in [0.2, 0.25) is 0 Å². The molecule has 0 spiro atoms. The van der Waals surface area contributed by atoms with E-state index >= 15 is 0 Å². The summed E-state index contributed by atoms with van der Waals surface area (Å²) in [6, 6.07) is 6.17. The highest BCUT2D eigenvalue weighted by molar-refractivity contribution is 5.73. The second kappa shape index (κ2) is 4.78. The summed E-state index contributed by atoms with van der Waals surface area (Å²) in [5, 5.41) is 0. The Morgan fingerprint density at radius 2 is 2.00 bits per heavy atom. The maximum Gasteiger partial charge on any atom is 0.308 e. The molecule has 1 aromatic rings. The van der Waals surface area contributed by atoms with Gasteiger partial charge >= 0.3 is 5.97 Å². The molecule has 1 fully saturated rings. The number of benzene rings is 1. The van der Waals surface area contributed by atoms with Gasteiger partial charge in [0.05, 0.1) is 13.0 Å². The van der Waals surface area contributed by atoms with Gasteiger partial charge < -0.3 is 9.47 Å². The molecule has 0 heterocycles. The fourth-order valence-electron chi connectivity index (χ4n) is 2.03. The molecule has 3 heteroatoms. The first-order valence-electron chi connectivity index (χ1n) is 5.92. The van der Waals surface area contributed by atoms with Crippen molar-refractivity contribution in [2.24, 2.45) is 5.92 Å². The van der Waals surface area contributed by atoms with Gasteiger partial charge in [-0.05, 0) is 43.9 Å². The number of hydrogen-bond acceptors (Lipinski definition) is 3. The molecular weight excluding hydrogens is 216 g/mol. The third-order valence-electron chi connectivity index (χ3n) is 3.27. The molecule has 0 unspecified atom stereocenters. The summed E-state index contributed by atoms with van der Waals surface area (Å²) in [5.41, 5.74) is 2.33. The molecule has 0 bridgehead atoms. The summed E-state index contributed by atoms with van der Waals surface area (Å²) < 4.78 is 10.6. The Kier molecular flexibility index (Phi) is 3.36. The monoisotopic (exact) mass is 234 g/mol. The zero-order valence-electron chi connectivity index (χ0n) is 10.5. The summed E-state index contributed by atoms with van der Waals surface area (Å²) in [5.74, 6) is 0.833. The molecule has 0 amide bonds. The third-order valence-corrected chi connectivity index (χ3v) is 3.27. The van der Waals surface area contributed by atoms with Crippen LogP contribution in [0.5, 0.6) is 5.75 Å². The number of carbonyl (C=O) groups is 1. The molecule has 0 aliphatic heterocycles. The predicted molar refractivity (Wildman–Crippen MR) is 65.1 cm³/mol. The Hall–Kier alpha value is -1.51. The van der Waals surface area contributed by atoms with Gasteiger partial charge in [0, 0.05) is 0 Å². The molecule has 1 aromatic carbocycles. The lowest BCUT2D eigenvalue weighted by Gasteiger charge is -2.33. The molecular formula is C14H18O3. The Bertz CT molecular complexity index is 419. The number of carbonyl (C=O) groups excluding carboxylic acids is 1. The predicted octanol–water partition coefficient (Wildman–Crippen LogP) is 2.63. The first kappa shape index (κ1) is 12.0. The Labute approximate surface area is 102 Å². The molecule has 1 aliphatic rings. The maximum atomic E-state index is 11.2. The highest BCUT2D eigenvalue weighted by Crippen LogP contribution is 2.33. The van der Waals surface area contributed by atoms with Crippen molar-refractivity contribution in [3.63, 3.8) is 0 Å². The number of hydrogen-bond donors (Lipinski definition) is 0. The van der Waals surface area contributed by atoms with E-state index in [0.717, 1.165) is 24.2 Å². The van der Waals surface area contributed by atoms with Crippen molar-refractivity contribution in [2.75, 3.05) is 7.11 Å². The van der Waals surface area contributed by atoms with Crippen LogP contribution in [-0.2, 0) is 9.53 Å². The standard InChI is InChI=1S/C14H18O3/c1-9-4-5-10(2)13(6-9)17-12-7-11(8-12)14(15)16-3/h4-6,11-12H,7-8H2,1-3H3. The van der Waals surface area contributed by atoms with E-state index in [1.165, 1.54) is 12.7 Å². The molecule has 92 valence electrons. The van der Waals surface area contributed by atoms with Gasteiger partial charge in [-0.1, -0.05) is 12.1 Å². The van der Waals surface area contributed by atoms with Crippen LogP contribution in [0.1, 0.15) is 24.0 Å². The molecule has 3 nitrogen and oxygen atoms in total. The summed E-state index contributed by atoms with van der Waals surface area (Å²) >= 11 is 0. The molecule has 0 atom stereocenters. The number of ether oxygens (including phenoxy) is 2. The van der Waals surface area contributed by atoms with Crippen molar-refractivity contribution in [1.82, 2.24) is 0 Å². The first-order valence-corrected chi connectivity index (χ1v) is 5.92. The largest absolute Gasteiger partial charge is 0.490 e. The molecule has 0 N–H and O–H groups in total. The lowest BCUT2D eigenvalue weighted by Crippen LogP contribution is -2.38. The number of aryl methyl sites for hydroxylation is 2. The molecule has 17 heavy (non-hydrogen) atoms. The van der Waals surface area contributed by atoms with Crippen molar-refractivity contribution >= 4 is 5.97 Å². The van der Waals surface area contributed by atoms with Gasteiger partial charge in [-0.2, -0.15) is 0 Å². The van der Waals surface area contributed by atoms with E-state index < -0.39 is 0 Å². The van der Waals surface area contributed by atoms with Gasteiger partial charge in [-0.25, -0.2) is 0 Å². The van der Waals surface area contributed by atoms with Crippen LogP contribution in [0.2, 0.25) is 0 Å². The van der Waals surface area contributed by atoms with Gasteiger partial charge in [-0.3, -0.25) is 4.79 Å². The quantitative estimate of drug-likeness (QED) is 0.754. The van der Waals surface area contributed by atoms with Crippen LogP contribution in [0.15, 0.2) is 18.2 Å². The fraction of sp³-hybridized carbons (Fsp3) is 0.500. The Morgan fingerprint density at radius 3 is 2.65 bits per heavy atom. The van der Waals surface area contributed by atoms with E-state index in [2.05, 4.69) is 12.1 Å². The first-order chi connectivity index (χ1) is 8.10. The summed E-state index contributed by atoms with van der Waals surface area (Å²) in [6.45, 7) is 4.08. The molecule has 0 saturated heterocycles. The highest BCUT2D eigenvalue weighted by atomic mass is 16.5. The van der Waals surface area contributed by atoms with Gasteiger partial charge in [0.25, 0.3) is 0 Å². The smallest absolute Gasteiger partial charge is 0.308 e. The minimum Gasteiger partial charge on any atom is -0.490 e. The van der Waals surface area contributed by atoms with Crippen molar-refractivity contribution in [3.8, 4) is 5.75 Å². The van der Waals surface area contributed by atoms with Crippen LogP contribution in [0, 0.1) is 19.8 Å². The van der Waals surface area contributed by atoms with Crippen LogP contribution in [0.25, 0.3) is 0 Å². The van der Waals surface area contributed by atoms with Crippen molar-refractivity contribution in [2.45, 2.75) is 32.8 Å². The molecule has 1 aliphatic carbocycles. The minimum absolute atomic E-state index is 0.0233. The normalized spacial score (nSPS) is 22.8. The van der Waals surface area contributed by atoms with Crippen molar-refractivity contribution < 1.29 is 14.3 Å². The van der Waals surface area contributed by atoms with E-state index in [-0.39, 0.29) is 18.0 Å². The van der Waals surface area contributed by atoms with Crippen molar-refractivity contribution in [1.29, 1.82) is 0 Å². The topological polar surface area (TPSA) is 35.5 Å². The minimum atomic E-state index is -0.120.